The van der Waals surface area contributed by atoms with Crippen molar-refractivity contribution in [3.8, 4) is 5.75 Å². The summed E-state index contributed by atoms with van der Waals surface area (Å²) in [6, 6.07) is 3.17. The van der Waals surface area contributed by atoms with Crippen LogP contribution in [-0.4, -0.2) is 65.2 Å². The third-order valence-electron chi connectivity index (χ3n) is 4.98. The molecule has 0 aliphatic rings. The largest absolute Gasteiger partial charge is 0.507 e. The number of likely N-dealkylation sites (N-methyl/N-ethyl adjacent to an activating group) is 1. The second kappa shape index (κ2) is 13.3. The Kier molecular flexibility index (Phi) is 11.6. The molecule has 8 nitrogen and oxygen atoms in total. The zero-order valence-corrected chi connectivity index (χ0v) is 21.7. The SMILES string of the molecule is CCCCNC(=O)C(c1cccc(C)c1O)N(C)C(=O)C(CCSC)NC(=O)OC(C)(C)C. The summed E-state index contributed by atoms with van der Waals surface area (Å²) >= 11 is 1.55. The number of phenols is 1. The van der Waals surface area contributed by atoms with Gasteiger partial charge in [0, 0.05) is 19.2 Å². The van der Waals surface area contributed by atoms with E-state index in [1.54, 1.807) is 57.7 Å². The number of hydrogen-bond acceptors (Lipinski definition) is 6. The van der Waals surface area contributed by atoms with E-state index in [-0.39, 0.29) is 11.7 Å². The van der Waals surface area contributed by atoms with E-state index < -0.39 is 29.7 Å². The van der Waals surface area contributed by atoms with Crippen LogP contribution in [0.4, 0.5) is 4.79 Å². The van der Waals surface area contributed by atoms with Gasteiger partial charge in [0.1, 0.15) is 23.4 Å². The van der Waals surface area contributed by atoms with Gasteiger partial charge in [0.25, 0.3) is 0 Å². The van der Waals surface area contributed by atoms with E-state index in [0.29, 0.717) is 29.8 Å². The van der Waals surface area contributed by atoms with Gasteiger partial charge >= 0.3 is 6.09 Å². The van der Waals surface area contributed by atoms with Crippen LogP contribution in [-0.2, 0) is 14.3 Å². The van der Waals surface area contributed by atoms with Gasteiger partial charge in [-0.1, -0.05) is 31.5 Å². The monoisotopic (exact) mass is 481 g/mol. The van der Waals surface area contributed by atoms with Gasteiger partial charge in [-0.05, 0) is 58.1 Å². The number of hydrogen-bond donors (Lipinski definition) is 3. The summed E-state index contributed by atoms with van der Waals surface area (Å²) in [5, 5.41) is 16.2. The van der Waals surface area contributed by atoms with Gasteiger partial charge < -0.3 is 25.4 Å². The van der Waals surface area contributed by atoms with Gasteiger partial charge in [0.05, 0.1) is 0 Å². The van der Waals surface area contributed by atoms with Crippen molar-refractivity contribution < 1.29 is 24.2 Å². The van der Waals surface area contributed by atoms with Crippen LogP contribution in [0, 0.1) is 6.92 Å². The molecule has 33 heavy (non-hydrogen) atoms. The molecule has 1 rings (SSSR count). The number of alkyl carbamates (subject to hydrolysis) is 1. The van der Waals surface area contributed by atoms with Crippen LogP contribution in [0.2, 0.25) is 0 Å². The Morgan fingerprint density at radius 3 is 2.48 bits per heavy atom. The molecular weight excluding hydrogens is 442 g/mol. The number of para-hydroxylation sites is 1. The second-order valence-corrected chi connectivity index (χ2v) is 9.97. The lowest BCUT2D eigenvalue weighted by Crippen LogP contribution is -2.52. The normalized spacial score (nSPS) is 13.1. The van der Waals surface area contributed by atoms with Crippen LogP contribution in [0.25, 0.3) is 0 Å². The average Bonchev–Trinajstić information content (AvgIpc) is 2.72. The van der Waals surface area contributed by atoms with Gasteiger partial charge in [-0.15, -0.1) is 0 Å². The minimum absolute atomic E-state index is 0.0337. The molecule has 0 radical (unpaired) electrons. The van der Waals surface area contributed by atoms with E-state index in [2.05, 4.69) is 10.6 Å². The number of aromatic hydroxyl groups is 1. The minimum atomic E-state index is -1.05. The summed E-state index contributed by atoms with van der Waals surface area (Å²) in [6.07, 6.45) is 3.29. The summed E-state index contributed by atoms with van der Waals surface area (Å²) in [4.78, 5) is 40.3. The fraction of sp³-hybridized carbons (Fsp3) is 0.625. The first kappa shape index (κ1) is 28.6. The van der Waals surface area contributed by atoms with Crippen LogP contribution in [0.1, 0.15) is 64.1 Å². The topological polar surface area (TPSA) is 108 Å². The molecule has 0 spiro atoms. The number of thioether (sulfide) groups is 1. The molecule has 0 fully saturated rings. The van der Waals surface area contributed by atoms with Gasteiger partial charge in [-0.25, -0.2) is 4.79 Å². The first-order chi connectivity index (χ1) is 15.4. The van der Waals surface area contributed by atoms with Crippen LogP contribution in [0.5, 0.6) is 5.75 Å². The fourth-order valence-corrected chi connectivity index (χ4v) is 3.70. The highest BCUT2D eigenvalue weighted by atomic mass is 32.2. The summed E-state index contributed by atoms with van der Waals surface area (Å²) in [7, 11) is 1.51. The van der Waals surface area contributed by atoms with Crippen molar-refractivity contribution in [2.24, 2.45) is 0 Å². The summed E-state index contributed by atoms with van der Waals surface area (Å²) in [5.74, 6) is -0.232. The molecule has 1 aromatic carbocycles. The van der Waals surface area contributed by atoms with E-state index in [1.165, 1.54) is 11.9 Å². The molecule has 9 heteroatoms. The molecule has 0 saturated heterocycles. The Balaban J connectivity index is 3.25. The number of phenolic OH excluding ortho intramolecular Hbond substituents is 1. The quantitative estimate of drug-likeness (QED) is 0.415. The standard InChI is InChI=1S/C24H39N3O5S/c1-8-9-14-25-21(29)19(17-12-10-11-16(2)20(17)28)27(6)22(30)18(13-15-33-7)26-23(31)32-24(3,4)5/h10-12,18-19,28H,8-9,13-15H2,1-7H3,(H,25,29)(H,26,31). The van der Waals surface area contributed by atoms with Crippen molar-refractivity contribution in [1.82, 2.24) is 15.5 Å². The Hall–Kier alpha value is -2.42. The third kappa shape index (κ3) is 9.15. The van der Waals surface area contributed by atoms with Crippen molar-refractivity contribution in [3.05, 3.63) is 29.3 Å². The molecular formula is C24H39N3O5S. The molecule has 186 valence electrons. The highest BCUT2D eigenvalue weighted by Gasteiger charge is 2.35. The predicted molar refractivity (Wildman–Crippen MR) is 132 cm³/mol. The number of ether oxygens (including phenoxy) is 1. The number of aryl methyl sites for hydroxylation is 1. The molecule has 0 aliphatic carbocycles. The second-order valence-electron chi connectivity index (χ2n) is 8.99. The molecule has 2 atom stereocenters. The Bertz CT molecular complexity index is 810. The summed E-state index contributed by atoms with van der Waals surface area (Å²) in [5.41, 5.74) is 0.226. The predicted octanol–water partition coefficient (Wildman–Crippen LogP) is 3.76. The molecule has 3 amide bonds. The Morgan fingerprint density at radius 2 is 1.91 bits per heavy atom. The molecule has 1 aromatic rings. The van der Waals surface area contributed by atoms with Crippen molar-refractivity contribution in [2.75, 3.05) is 25.6 Å². The number of carbonyl (C=O) groups excluding carboxylic acids is 3. The average molecular weight is 482 g/mol. The smallest absolute Gasteiger partial charge is 0.408 e. The molecule has 0 aromatic heterocycles. The minimum Gasteiger partial charge on any atom is -0.507 e. The van der Waals surface area contributed by atoms with Crippen LogP contribution in [0.3, 0.4) is 0 Å². The Labute approximate surface area is 201 Å². The van der Waals surface area contributed by atoms with E-state index in [1.807, 2.05) is 13.2 Å². The highest BCUT2D eigenvalue weighted by Crippen LogP contribution is 2.31. The van der Waals surface area contributed by atoms with Crippen LogP contribution < -0.4 is 10.6 Å². The molecule has 0 heterocycles. The van der Waals surface area contributed by atoms with E-state index in [0.717, 1.165) is 12.8 Å². The van der Waals surface area contributed by atoms with Gasteiger partial charge in [0.15, 0.2) is 0 Å². The number of nitrogens with one attached hydrogen (secondary N) is 2. The van der Waals surface area contributed by atoms with Crippen molar-refractivity contribution in [2.45, 2.75) is 71.6 Å². The number of nitrogens with zero attached hydrogens (tertiary/aromatic N) is 1. The molecule has 2 unspecified atom stereocenters. The van der Waals surface area contributed by atoms with Gasteiger partial charge in [0.2, 0.25) is 11.8 Å². The van der Waals surface area contributed by atoms with Gasteiger partial charge in [-0.2, -0.15) is 11.8 Å². The molecule has 3 N–H and O–H groups in total. The summed E-state index contributed by atoms with van der Waals surface area (Å²) < 4.78 is 5.32. The lowest BCUT2D eigenvalue weighted by atomic mass is 9.99. The van der Waals surface area contributed by atoms with Crippen molar-refractivity contribution in [1.29, 1.82) is 0 Å². The van der Waals surface area contributed by atoms with Gasteiger partial charge in [-0.3, -0.25) is 9.59 Å². The lowest BCUT2D eigenvalue weighted by Gasteiger charge is -2.32. The first-order valence-corrected chi connectivity index (χ1v) is 12.6. The first-order valence-electron chi connectivity index (χ1n) is 11.2. The van der Waals surface area contributed by atoms with E-state index in [4.69, 9.17) is 4.74 Å². The van der Waals surface area contributed by atoms with Crippen molar-refractivity contribution >= 4 is 29.7 Å². The maximum absolute atomic E-state index is 13.5. The third-order valence-corrected chi connectivity index (χ3v) is 5.62. The number of benzene rings is 1. The highest BCUT2D eigenvalue weighted by molar-refractivity contribution is 7.98. The molecule has 0 saturated carbocycles. The molecule has 0 bridgehead atoms. The van der Waals surface area contributed by atoms with E-state index >= 15 is 0 Å². The molecule has 0 aliphatic heterocycles. The van der Waals surface area contributed by atoms with Crippen LogP contribution in [0.15, 0.2) is 18.2 Å². The van der Waals surface area contributed by atoms with Crippen molar-refractivity contribution in [3.63, 3.8) is 0 Å². The lowest BCUT2D eigenvalue weighted by molar-refractivity contribution is -0.140. The maximum Gasteiger partial charge on any atom is 0.408 e. The fourth-order valence-electron chi connectivity index (χ4n) is 3.23. The summed E-state index contributed by atoms with van der Waals surface area (Å²) in [6.45, 7) is 9.45. The Morgan fingerprint density at radius 1 is 1.24 bits per heavy atom. The number of rotatable bonds is 11. The zero-order chi connectivity index (χ0) is 25.2. The maximum atomic E-state index is 13.5. The number of amides is 3. The zero-order valence-electron chi connectivity index (χ0n) is 20.9. The number of carbonyl (C=O) groups is 3. The number of unbranched alkanes of at least 4 members (excludes halogenated alkanes) is 1. The van der Waals surface area contributed by atoms with Crippen LogP contribution >= 0.6 is 11.8 Å². The van der Waals surface area contributed by atoms with E-state index in [9.17, 15) is 19.5 Å².